The van der Waals surface area contributed by atoms with Crippen molar-refractivity contribution in [1.29, 1.82) is 0 Å². The fraction of sp³-hybridized carbons (Fsp3) is 0.364. The van der Waals surface area contributed by atoms with Gasteiger partial charge in [0.25, 0.3) is 5.91 Å². The van der Waals surface area contributed by atoms with Crippen LogP contribution in [0.1, 0.15) is 38.5 Å². The number of imide groups is 1. The van der Waals surface area contributed by atoms with Gasteiger partial charge >= 0.3 is 0 Å². The highest BCUT2D eigenvalue weighted by atomic mass is 127. The van der Waals surface area contributed by atoms with E-state index in [0.717, 1.165) is 27.7 Å². The molecule has 8 heteroatoms. The molecule has 0 bridgehead atoms. The third kappa shape index (κ3) is 4.04. The van der Waals surface area contributed by atoms with Crippen LogP contribution in [0.5, 0.6) is 0 Å². The zero-order chi connectivity index (χ0) is 21.3. The maximum absolute atomic E-state index is 13.6. The van der Waals surface area contributed by atoms with Gasteiger partial charge in [0.1, 0.15) is 6.04 Å². The summed E-state index contributed by atoms with van der Waals surface area (Å²) in [6, 6.07) is 14.0. The molecule has 1 heterocycles. The van der Waals surface area contributed by atoms with Crippen LogP contribution in [0, 0.1) is 3.57 Å². The first kappa shape index (κ1) is 21.5. The van der Waals surface area contributed by atoms with E-state index in [-0.39, 0.29) is 23.3 Å². The molecule has 2 fully saturated rings. The van der Waals surface area contributed by atoms with Gasteiger partial charge in [0, 0.05) is 9.61 Å². The van der Waals surface area contributed by atoms with Crippen LogP contribution in [-0.2, 0) is 19.6 Å². The number of carbonyl (C=O) groups is 2. The van der Waals surface area contributed by atoms with Gasteiger partial charge in [-0.3, -0.25) is 9.59 Å². The summed E-state index contributed by atoms with van der Waals surface area (Å²) in [5.41, 5.74) is 0.480. The van der Waals surface area contributed by atoms with Gasteiger partial charge in [-0.25, -0.2) is 13.3 Å². The van der Waals surface area contributed by atoms with Crippen molar-refractivity contribution in [1.82, 2.24) is 4.31 Å². The summed E-state index contributed by atoms with van der Waals surface area (Å²) in [4.78, 5) is 27.5. The second kappa shape index (κ2) is 8.76. The number of nitrogens with zero attached hydrogens (tertiary/aromatic N) is 2. The standard InChI is InChI=1S/C22H23IN2O4S/c23-16-11-13-17(14-12-16)24-21(26)15-20(22(24)27)25(18-7-3-1-4-8-18)30(28,29)19-9-5-2-6-10-19/h2,5-6,9-14,18,20H,1,3-4,7-8,15H2. The molecule has 2 aromatic rings. The van der Waals surface area contributed by atoms with Crippen molar-refractivity contribution >= 4 is 50.1 Å². The molecule has 2 aromatic carbocycles. The van der Waals surface area contributed by atoms with Gasteiger partial charge in [-0.2, -0.15) is 4.31 Å². The van der Waals surface area contributed by atoms with Crippen LogP contribution in [0.3, 0.4) is 0 Å². The van der Waals surface area contributed by atoms with Crippen LogP contribution in [0.4, 0.5) is 5.69 Å². The minimum absolute atomic E-state index is 0.132. The lowest BCUT2D eigenvalue weighted by molar-refractivity contribution is -0.122. The molecule has 2 amide bonds. The average molecular weight is 538 g/mol. The van der Waals surface area contributed by atoms with Gasteiger partial charge in [0.05, 0.1) is 17.0 Å². The van der Waals surface area contributed by atoms with E-state index in [1.807, 2.05) is 12.1 Å². The molecule has 158 valence electrons. The minimum Gasteiger partial charge on any atom is -0.274 e. The summed E-state index contributed by atoms with van der Waals surface area (Å²) in [6.07, 6.45) is 4.17. The van der Waals surface area contributed by atoms with Gasteiger partial charge in [-0.15, -0.1) is 0 Å². The molecule has 0 radical (unpaired) electrons. The lowest BCUT2D eigenvalue weighted by atomic mass is 9.94. The van der Waals surface area contributed by atoms with Crippen LogP contribution in [0.2, 0.25) is 0 Å². The lowest BCUT2D eigenvalue weighted by Gasteiger charge is -2.36. The average Bonchev–Trinajstić information content (AvgIpc) is 3.04. The number of sulfonamides is 1. The molecule has 1 saturated heterocycles. The Bertz CT molecular complexity index is 1030. The Morgan fingerprint density at radius 2 is 1.53 bits per heavy atom. The molecule has 30 heavy (non-hydrogen) atoms. The third-order valence-corrected chi connectivity index (χ3v) is 8.46. The largest absolute Gasteiger partial charge is 0.274 e. The van der Waals surface area contributed by atoms with Crippen LogP contribution in [0.25, 0.3) is 0 Å². The first-order chi connectivity index (χ1) is 14.4. The van der Waals surface area contributed by atoms with Crippen LogP contribution in [0.15, 0.2) is 59.5 Å². The Labute approximate surface area is 190 Å². The van der Waals surface area contributed by atoms with E-state index in [1.54, 1.807) is 42.5 Å². The molecule has 4 rings (SSSR count). The number of carbonyl (C=O) groups excluding carboxylic acids is 2. The molecule has 1 aliphatic heterocycles. The van der Waals surface area contributed by atoms with E-state index in [4.69, 9.17) is 0 Å². The summed E-state index contributed by atoms with van der Waals surface area (Å²) in [5, 5.41) is 0. The van der Waals surface area contributed by atoms with Crippen molar-refractivity contribution < 1.29 is 18.0 Å². The molecular formula is C22H23IN2O4S. The van der Waals surface area contributed by atoms with Gasteiger partial charge in [-0.05, 0) is 71.8 Å². The SMILES string of the molecule is O=C1CC(N(C2CCCCC2)S(=O)(=O)c2ccccc2)C(=O)N1c1ccc(I)cc1. The fourth-order valence-corrected chi connectivity index (χ4v) is 6.55. The summed E-state index contributed by atoms with van der Waals surface area (Å²) in [7, 11) is -3.92. The smallest absolute Gasteiger partial charge is 0.252 e. The van der Waals surface area contributed by atoms with Gasteiger partial charge in [-0.1, -0.05) is 37.5 Å². The van der Waals surface area contributed by atoms with E-state index in [0.29, 0.717) is 18.5 Å². The zero-order valence-corrected chi connectivity index (χ0v) is 19.4. The van der Waals surface area contributed by atoms with Crippen molar-refractivity contribution in [3.8, 4) is 0 Å². The first-order valence-electron chi connectivity index (χ1n) is 10.1. The summed E-state index contributed by atoms with van der Waals surface area (Å²) in [5.74, 6) is -0.832. The molecular weight excluding hydrogens is 515 g/mol. The molecule has 0 aromatic heterocycles. The first-order valence-corrected chi connectivity index (χ1v) is 12.6. The van der Waals surface area contributed by atoms with Crippen LogP contribution in [-0.4, -0.2) is 36.6 Å². The van der Waals surface area contributed by atoms with E-state index in [1.165, 1.54) is 4.31 Å². The molecule has 1 saturated carbocycles. The molecule has 1 unspecified atom stereocenters. The number of benzene rings is 2. The van der Waals surface area contributed by atoms with E-state index in [2.05, 4.69) is 22.6 Å². The third-order valence-electron chi connectivity index (χ3n) is 5.77. The Morgan fingerprint density at radius 3 is 2.17 bits per heavy atom. The number of amides is 2. The Hall–Kier alpha value is -1.78. The monoisotopic (exact) mass is 538 g/mol. The Morgan fingerprint density at radius 1 is 0.900 bits per heavy atom. The second-order valence-corrected chi connectivity index (χ2v) is 10.8. The molecule has 0 N–H and O–H groups in total. The van der Waals surface area contributed by atoms with Gasteiger partial charge < -0.3 is 0 Å². The van der Waals surface area contributed by atoms with E-state index < -0.39 is 22.0 Å². The summed E-state index contributed by atoms with van der Waals surface area (Å²) < 4.78 is 29.5. The van der Waals surface area contributed by atoms with Gasteiger partial charge in [0.15, 0.2) is 0 Å². The normalized spacial score (nSPS) is 20.9. The highest BCUT2D eigenvalue weighted by molar-refractivity contribution is 14.1. The van der Waals surface area contributed by atoms with Crippen LogP contribution >= 0.6 is 22.6 Å². The Kier molecular flexibility index (Phi) is 6.26. The number of rotatable bonds is 5. The van der Waals surface area contributed by atoms with Crippen molar-refractivity contribution in [2.24, 2.45) is 0 Å². The second-order valence-electron chi connectivity index (χ2n) is 7.70. The number of anilines is 1. The molecule has 1 atom stereocenters. The topological polar surface area (TPSA) is 74.8 Å². The van der Waals surface area contributed by atoms with E-state index >= 15 is 0 Å². The van der Waals surface area contributed by atoms with Crippen LogP contribution < -0.4 is 4.90 Å². The number of halogens is 1. The zero-order valence-electron chi connectivity index (χ0n) is 16.4. The Balaban J connectivity index is 1.73. The summed E-state index contributed by atoms with van der Waals surface area (Å²) >= 11 is 2.16. The molecule has 0 spiro atoms. The van der Waals surface area contributed by atoms with Crippen molar-refractivity contribution in [2.45, 2.75) is 55.5 Å². The maximum Gasteiger partial charge on any atom is 0.252 e. The van der Waals surface area contributed by atoms with E-state index in [9.17, 15) is 18.0 Å². The maximum atomic E-state index is 13.6. The van der Waals surface area contributed by atoms with Crippen molar-refractivity contribution in [2.75, 3.05) is 4.90 Å². The molecule has 6 nitrogen and oxygen atoms in total. The molecule has 1 aliphatic carbocycles. The molecule has 2 aliphatic rings. The lowest BCUT2D eigenvalue weighted by Crippen LogP contribution is -2.51. The summed E-state index contributed by atoms with van der Waals surface area (Å²) in [6.45, 7) is 0. The quantitative estimate of drug-likeness (QED) is 0.427. The van der Waals surface area contributed by atoms with Crippen molar-refractivity contribution in [3.05, 3.63) is 58.2 Å². The minimum atomic E-state index is -3.92. The number of hydrogen-bond donors (Lipinski definition) is 0. The predicted octanol–water partition coefficient (Wildman–Crippen LogP) is 3.95. The van der Waals surface area contributed by atoms with Crippen molar-refractivity contribution in [3.63, 3.8) is 0 Å². The highest BCUT2D eigenvalue weighted by Crippen LogP contribution is 2.35. The van der Waals surface area contributed by atoms with Gasteiger partial charge in [0.2, 0.25) is 15.9 Å². The predicted molar refractivity (Wildman–Crippen MR) is 122 cm³/mol. The highest BCUT2D eigenvalue weighted by Gasteiger charge is 2.49. The fourth-order valence-electron chi connectivity index (χ4n) is 4.34. The number of hydrogen-bond acceptors (Lipinski definition) is 4.